The van der Waals surface area contributed by atoms with E-state index in [-0.39, 0.29) is 11.7 Å². The van der Waals surface area contributed by atoms with Gasteiger partial charge in [0.15, 0.2) is 5.78 Å². The number of hydrogen-bond donors (Lipinski definition) is 2. The smallest absolute Gasteiger partial charge is 0.253 e. The molecule has 0 atom stereocenters. The zero-order chi connectivity index (χ0) is 20.4. The van der Waals surface area contributed by atoms with E-state index in [4.69, 9.17) is 0 Å². The fourth-order valence-electron chi connectivity index (χ4n) is 3.23. The minimum atomic E-state index is -0.0412. The zero-order valence-electron chi connectivity index (χ0n) is 16.3. The highest BCUT2D eigenvalue weighted by molar-refractivity contribution is 5.98. The SMILES string of the molecule is CC(=O)c1ccc(/C=N/N(C)c2cc(-c3cc4c([nH]3)CCNC4=O)ccn2)cc1. The lowest BCUT2D eigenvalue weighted by atomic mass is 10.1. The van der Waals surface area contributed by atoms with Crippen LogP contribution in [0.4, 0.5) is 5.82 Å². The maximum absolute atomic E-state index is 12.0. The molecule has 2 aromatic heterocycles. The number of rotatable bonds is 5. The summed E-state index contributed by atoms with van der Waals surface area (Å²) in [5.41, 5.74) is 5.04. The van der Waals surface area contributed by atoms with Crippen LogP contribution in [0.5, 0.6) is 0 Å². The number of nitrogens with one attached hydrogen (secondary N) is 2. The van der Waals surface area contributed by atoms with Crippen LogP contribution in [0, 0.1) is 0 Å². The highest BCUT2D eigenvalue weighted by Crippen LogP contribution is 2.26. The number of carbonyl (C=O) groups is 2. The van der Waals surface area contributed by atoms with Crippen LogP contribution < -0.4 is 10.3 Å². The number of anilines is 1. The van der Waals surface area contributed by atoms with Gasteiger partial charge >= 0.3 is 0 Å². The third kappa shape index (κ3) is 3.94. The average molecular weight is 387 g/mol. The molecule has 4 rings (SSSR count). The second-order valence-corrected chi connectivity index (χ2v) is 6.93. The molecule has 0 unspecified atom stereocenters. The van der Waals surface area contributed by atoms with Gasteiger partial charge in [-0.15, -0.1) is 0 Å². The Morgan fingerprint density at radius 3 is 2.72 bits per heavy atom. The summed E-state index contributed by atoms with van der Waals surface area (Å²) >= 11 is 0. The molecule has 3 aromatic rings. The lowest BCUT2D eigenvalue weighted by Crippen LogP contribution is -2.31. The highest BCUT2D eigenvalue weighted by atomic mass is 16.1. The number of Topliss-reactive ketones (excluding diaryl/α,β-unsaturated/α-hetero) is 1. The van der Waals surface area contributed by atoms with Crippen molar-refractivity contribution in [3.05, 3.63) is 71.0 Å². The first-order chi connectivity index (χ1) is 14.0. The van der Waals surface area contributed by atoms with Crippen molar-refractivity contribution in [2.75, 3.05) is 18.6 Å². The number of H-pyrrole nitrogens is 1. The predicted octanol–water partition coefficient (Wildman–Crippen LogP) is 3.04. The molecule has 0 bridgehead atoms. The monoisotopic (exact) mass is 387 g/mol. The molecule has 0 aliphatic carbocycles. The second-order valence-electron chi connectivity index (χ2n) is 6.93. The highest BCUT2D eigenvalue weighted by Gasteiger charge is 2.20. The number of fused-ring (bicyclic) bond motifs is 1. The van der Waals surface area contributed by atoms with Crippen LogP contribution in [0.25, 0.3) is 11.3 Å². The quantitative estimate of drug-likeness (QED) is 0.400. The van der Waals surface area contributed by atoms with Gasteiger partial charge in [0.25, 0.3) is 5.91 Å². The molecule has 1 aliphatic heterocycles. The Labute approximate surface area is 168 Å². The minimum absolute atomic E-state index is 0.0371. The van der Waals surface area contributed by atoms with Crippen LogP contribution in [-0.2, 0) is 6.42 Å². The predicted molar refractivity (Wildman–Crippen MR) is 113 cm³/mol. The van der Waals surface area contributed by atoms with Crippen molar-refractivity contribution in [1.82, 2.24) is 15.3 Å². The number of hydrazone groups is 1. The first-order valence-corrected chi connectivity index (χ1v) is 9.36. The Bertz CT molecular complexity index is 1100. The number of pyridine rings is 1. The van der Waals surface area contributed by atoms with Gasteiger partial charge in [-0.25, -0.2) is 4.98 Å². The summed E-state index contributed by atoms with van der Waals surface area (Å²) in [6, 6.07) is 13.0. The summed E-state index contributed by atoms with van der Waals surface area (Å²) < 4.78 is 0. The molecular weight excluding hydrogens is 366 g/mol. The topological polar surface area (TPSA) is 90.5 Å². The summed E-state index contributed by atoms with van der Waals surface area (Å²) in [5, 5.41) is 8.97. The number of amides is 1. The largest absolute Gasteiger partial charge is 0.358 e. The van der Waals surface area contributed by atoms with Crippen LogP contribution >= 0.6 is 0 Å². The fourth-order valence-corrected chi connectivity index (χ4v) is 3.23. The molecule has 3 heterocycles. The van der Waals surface area contributed by atoms with E-state index in [0.717, 1.165) is 28.9 Å². The van der Waals surface area contributed by atoms with Gasteiger partial charge in [0, 0.05) is 48.7 Å². The van der Waals surface area contributed by atoms with Gasteiger partial charge < -0.3 is 10.3 Å². The molecule has 1 amide bonds. The van der Waals surface area contributed by atoms with E-state index in [2.05, 4.69) is 20.4 Å². The lowest BCUT2D eigenvalue weighted by molar-refractivity contribution is 0.0945. The van der Waals surface area contributed by atoms with Gasteiger partial charge in [-0.1, -0.05) is 24.3 Å². The summed E-state index contributed by atoms with van der Waals surface area (Å²) in [6.45, 7) is 2.20. The normalized spacial score (nSPS) is 13.2. The molecular formula is C22H21N5O2. The fraction of sp³-hybridized carbons (Fsp3) is 0.182. The number of aromatic amines is 1. The Balaban J connectivity index is 1.54. The van der Waals surface area contributed by atoms with Gasteiger partial charge in [0.05, 0.1) is 11.8 Å². The Morgan fingerprint density at radius 2 is 2.00 bits per heavy atom. The molecule has 29 heavy (non-hydrogen) atoms. The molecule has 7 nitrogen and oxygen atoms in total. The molecule has 0 spiro atoms. The number of benzene rings is 1. The van der Waals surface area contributed by atoms with Crippen molar-refractivity contribution in [2.24, 2.45) is 5.10 Å². The average Bonchev–Trinajstić information content (AvgIpc) is 3.18. The van der Waals surface area contributed by atoms with Crippen molar-refractivity contribution in [3.63, 3.8) is 0 Å². The second kappa shape index (κ2) is 7.71. The summed E-state index contributed by atoms with van der Waals surface area (Å²) in [4.78, 5) is 31.1. The lowest BCUT2D eigenvalue weighted by Gasteiger charge is -2.12. The van der Waals surface area contributed by atoms with Crippen molar-refractivity contribution >= 4 is 23.7 Å². The van der Waals surface area contributed by atoms with E-state index in [1.165, 1.54) is 0 Å². The Hall–Kier alpha value is -3.74. The molecule has 146 valence electrons. The van der Waals surface area contributed by atoms with Crippen LogP contribution in [0.1, 0.15) is 38.9 Å². The Morgan fingerprint density at radius 1 is 1.21 bits per heavy atom. The number of aromatic nitrogens is 2. The van der Waals surface area contributed by atoms with Crippen LogP contribution in [0.2, 0.25) is 0 Å². The van der Waals surface area contributed by atoms with Gasteiger partial charge in [-0.2, -0.15) is 5.10 Å². The number of hydrogen-bond acceptors (Lipinski definition) is 5. The summed E-state index contributed by atoms with van der Waals surface area (Å²) in [6.07, 6.45) is 4.24. The number of carbonyl (C=O) groups excluding carboxylic acids is 2. The van der Waals surface area contributed by atoms with Crippen molar-refractivity contribution in [1.29, 1.82) is 0 Å². The van der Waals surface area contributed by atoms with Gasteiger partial charge in [-0.3, -0.25) is 14.6 Å². The van der Waals surface area contributed by atoms with E-state index in [1.807, 2.05) is 37.4 Å². The van der Waals surface area contributed by atoms with Gasteiger partial charge in [0.2, 0.25) is 0 Å². The third-order valence-corrected chi connectivity index (χ3v) is 4.89. The maximum atomic E-state index is 12.0. The maximum Gasteiger partial charge on any atom is 0.253 e. The molecule has 0 saturated carbocycles. The Kier molecular flexibility index (Phi) is 4.95. The zero-order valence-corrected chi connectivity index (χ0v) is 16.3. The molecule has 1 aromatic carbocycles. The van der Waals surface area contributed by atoms with Crippen molar-refractivity contribution < 1.29 is 9.59 Å². The van der Waals surface area contributed by atoms with Crippen molar-refractivity contribution in [2.45, 2.75) is 13.3 Å². The van der Waals surface area contributed by atoms with E-state index in [1.54, 1.807) is 36.5 Å². The molecule has 0 saturated heterocycles. The van der Waals surface area contributed by atoms with Gasteiger partial charge in [0.1, 0.15) is 5.82 Å². The minimum Gasteiger partial charge on any atom is -0.358 e. The first kappa shape index (κ1) is 18.6. The number of nitrogens with zero attached hydrogens (tertiary/aromatic N) is 3. The molecule has 2 N–H and O–H groups in total. The number of ketones is 1. The molecule has 7 heteroatoms. The van der Waals surface area contributed by atoms with Crippen molar-refractivity contribution in [3.8, 4) is 11.3 Å². The first-order valence-electron chi connectivity index (χ1n) is 9.36. The van der Waals surface area contributed by atoms with E-state index >= 15 is 0 Å². The van der Waals surface area contributed by atoms with Crippen LogP contribution in [0.15, 0.2) is 53.8 Å². The molecule has 0 fully saturated rings. The van der Waals surface area contributed by atoms with E-state index in [0.29, 0.717) is 23.5 Å². The third-order valence-electron chi connectivity index (χ3n) is 4.89. The van der Waals surface area contributed by atoms with Crippen LogP contribution in [-0.4, -0.2) is 41.5 Å². The molecule has 0 radical (unpaired) electrons. The summed E-state index contributed by atoms with van der Waals surface area (Å²) in [5.74, 6) is 0.673. The van der Waals surface area contributed by atoms with E-state index in [9.17, 15) is 9.59 Å². The van der Waals surface area contributed by atoms with Crippen LogP contribution in [0.3, 0.4) is 0 Å². The standard InChI is InChI=1S/C22H21N5O2/c1-14(28)16-5-3-15(4-6-16)13-25-27(2)21-11-17(7-9-23-21)20-12-18-19(26-20)8-10-24-22(18)29/h3-7,9,11-13,26H,8,10H2,1-2H3,(H,24,29)/b25-13+. The summed E-state index contributed by atoms with van der Waals surface area (Å²) in [7, 11) is 1.82. The van der Waals surface area contributed by atoms with Gasteiger partial charge in [-0.05, 0) is 30.7 Å². The van der Waals surface area contributed by atoms with E-state index < -0.39 is 0 Å². The molecule has 1 aliphatic rings.